The van der Waals surface area contributed by atoms with Crippen LogP contribution >= 0.6 is 11.3 Å². The van der Waals surface area contributed by atoms with Crippen molar-refractivity contribution in [3.05, 3.63) is 83.1 Å². The number of halogens is 1. The molecule has 0 aliphatic carbocycles. The van der Waals surface area contributed by atoms with Gasteiger partial charge in [-0.1, -0.05) is 52.8 Å². The second kappa shape index (κ2) is 10.1. The van der Waals surface area contributed by atoms with Gasteiger partial charge in [0.1, 0.15) is 11.6 Å². The number of rotatable bonds is 8. The fraction of sp³-hybridized carbons (Fsp3) is 0.333. The Balaban J connectivity index is 1.74. The van der Waals surface area contributed by atoms with Crippen LogP contribution in [0.15, 0.2) is 65.3 Å². The monoisotopic (exact) mass is 526 g/mol. The summed E-state index contributed by atoms with van der Waals surface area (Å²) < 4.78 is 46.4. The highest BCUT2D eigenvalue weighted by Gasteiger charge is 2.23. The van der Waals surface area contributed by atoms with Crippen LogP contribution in [-0.2, 0) is 28.4 Å². The molecule has 0 radical (unpaired) electrons. The van der Waals surface area contributed by atoms with Gasteiger partial charge in [0, 0.05) is 40.5 Å². The molecule has 1 N–H and O–H groups in total. The van der Waals surface area contributed by atoms with E-state index in [1.807, 2.05) is 22.9 Å². The van der Waals surface area contributed by atoms with Gasteiger partial charge in [0.05, 0.1) is 11.4 Å². The first-order chi connectivity index (χ1) is 16.9. The predicted octanol–water partition coefficient (Wildman–Crippen LogP) is 6.49. The molecule has 6 nitrogen and oxygen atoms in total. The fourth-order valence-corrected chi connectivity index (χ4v) is 6.19. The summed E-state index contributed by atoms with van der Waals surface area (Å²) in [4.78, 5) is 8.56. The standard InChI is InChI=1S/C27H31FN4O2S2/c1-18(2)14-19-6-9-24(36(33,34)31-26-30-11-13-35-26)22(15-19)20-7-8-21(23(28)16-20)17-32-12-10-29-25(32)27(3,4)5/h6-13,15-16,18H,14,17H2,1-5H3,(H,30,31). The Labute approximate surface area is 216 Å². The van der Waals surface area contributed by atoms with Gasteiger partial charge in [-0.15, -0.1) is 11.3 Å². The molecule has 0 bridgehead atoms. The van der Waals surface area contributed by atoms with Crippen molar-refractivity contribution < 1.29 is 12.8 Å². The average molecular weight is 527 g/mol. The van der Waals surface area contributed by atoms with Crippen LogP contribution in [0, 0.1) is 11.7 Å². The van der Waals surface area contributed by atoms with Gasteiger partial charge in [-0.05, 0) is 41.7 Å². The second-order valence-electron chi connectivity index (χ2n) is 10.3. The molecule has 2 aromatic carbocycles. The minimum Gasteiger partial charge on any atom is -0.330 e. The van der Waals surface area contributed by atoms with Crippen molar-refractivity contribution in [1.29, 1.82) is 0 Å². The Kier molecular flexibility index (Phi) is 7.33. The Morgan fingerprint density at radius 2 is 1.86 bits per heavy atom. The molecular formula is C27H31FN4O2S2. The zero-order chi connectivity index (χ0) is 26.1. The molecule has 0 spiro atoms. The Hall–Kier alpha value is -3.04. The highest BCUT2D eigenvalue weighted by Crippen LogP contribution is 2.32. The van der Waals surface area contributed by atoms with E-state index in [-0.39, 0.29) is 15.4 Å². The molecular weight excluding hydrogens is 495 g/mol. The number of nitrogens with zero attached hydrogens (tertiary/aromatic N) is 3. The summed E-state index contributed by atoms with van der Waals surface area (Å²) in [6.07, 6.45) is 5.89. The number of imidazole rings is 1. The van der Waals surface area contributed by atoms with E-state index in [9.17, 15) is 8.42 Å². The summed E-state index contributed by atoms with van der Waals surface area (Å²) in [6, 6.07) is 10.2. The van der Waals surface area contributed by atoms with E-state index >= 15 is 4.39 Å². The van der Waals surface area contributed by atoms with E-state index in [1.54, 1.807) is 29.8 Å². The quantitative estimate of drug-likeness (QED) is 0.285. The van der Waals surface area contributed by atoms with Gasteiger partial charge in [-0.25, -0.2) is 22.8 Å². The highest BCUT2D eigenvalue weighted by molar-refractivity contribution is 7.93. The van der Waals surface area contributed by atoms with Crippen LogP contribution in [0.3, 0.4) is 0 Å². The van der Waals surface area contributed by atoms with E-state index in [0.717, 1.165) is 17.8 Å². The number of benzene rings is 2. The molecule has 4 rings (SSSR count). The normalized spacial score (nSPS) is 12.3. The van der Waals surface area contributed by atoms with Crippen molar-refractivity contribution in [3.8, 4) is 11.1 Å². The van der Waals surface area contributed by atoms with Gasteiger partial charge in [-0.3, -0.25) is 4.72 Å². The van der Waals surface area contributed by atoms with Crippen LogP contribution < -0.4 is 4.72 Å². The summed E-state index contributed by atoms with van der Waals surface area (Å²) in [5.41, 5.74) is 2.28. The smallest absolute Gasteiger partial charge is 0.264 e. The summed E-state index contributed by atoms with van der Waals surface area (Å²) in [5.74, 6) is 0.862. The predicted molar refractivity (Wildman–Crippen MR) is 143 cm³/mol. The van der Waals surface area contributed by atoms with Crippen LogP contribution in [0.25, 0.3) is 11.1 Å². The number of sulfonamides is 1. The van der Waals surface area contributed by atoms with Gasteiger partial charge < -0.3 is 4.57 Å². The van der Waals surface area contributed by atoms with Crippen molar-refractivity contribution in [1.82, 2.24) is 14.5 Å². The summed E-state index contributed by atoms with van der Waals surface area (Å²) in [6.45, 7) is 10.7. The molecule has 0 fully saturated rings. The molecule has 190 valence electrons. The zero-order valence-electron chi connectivity index (χ0n) is 21.1. The molecule has 0 saturated heterocycles. The molecule has 0 aliphatic heterocycles. The molecule has 2 heterocycles. The minimum absolute atomic E-state index is 0.0852. The van der Waals surface area contributed by atoms with Crippen molar-refractivity contribution >= 4 is 26.5 Å². The molecule has 9 heteroatoms. The maximum Gasteiger partial charge on any atom is 0.264 e. The lowest BCUT2D eigenvalue weighted by Crippen LogP contribution is -2.19. The maximum atomic E-state index is 15.4. The van der Waals surface area contributed by atoms with Crippen molar-refractivity contribution in [2.75, 3.05) is 4.72 Å². The summed E-state index contributed by atoms with van der Waals surface area (Å²) >= 11 is 1.20. The van der Waals surface area contributed by atoms with E-state index in [1.165, 1.54) is 23.6 Å². The van der Waals surface area contributed by atoms with Gasteiger partial charge in [-0.2, -0.15) is 0 Å². The number of hydrogen-bond donors (Lipinski definition) is 1. The molecule has 0 amide bonds. The van der Waals surface area contributed by atoms with Crippen LogP contribution in [0.5, 0.6) is 0 Å². The largest absolute Gasteiger partial charge is 0.330 e. The molecule has 36 heavy (non-hydrogen) atoms. The third-order valence-corrected chi connectivity index (χ3v) is 7.94. The maximum absolute atomic E-state index is 15.4. The average Bonchev–Trinajstić information content (AvgIpc) is 3.46. The highest BCUT2D eigenvalue weighted by atomic mass is 32.2. The van der Waals surface area contributed by atoms with Gasteiger partial charge in [0.15, 0.2) is 5.13 Å². The first kappa shape index (κ1) is 26.0. The summed E-state index contributed by atoms with van der Waals surface area (Å²) in [5, 5.41) is 1.98. The minimum atomic E-state index is -3.93. The topological polar surface area (TPSA) is 76.9 Å². The third kappa shape index (κ3) is 5.84. The number of nitrogens with one attached hydrogen (secondary N) is 1. The molecule has 0 unspecified atom stereocenters. The molecule has 4 aromatic rings. The van der Waals surface area contributed by atoms with Crippen LogP contribution in [0.2, 0.25) is 0 Å². The Morgan fingerprint density at radius 3 is 2.50 bits per heavy atom. The molecule has 2 aromatic heterocycles. The lowest BCUT2D eigenvalue weighted by atomic mass is 9.95. The summed E-state index contributed by atoms with van der Waals surface area (Å²) in [7, 11) is -3.93. The number of anilines is 1. The zero-order valence-corrected chi connectivity index (χ0v) is 22.8. The van der Waals surface area contributed by atoms with Crippen molar-refractivity contribution in [3.63, 3.8) is 0 Å². The number of thiazole rings is 1. The molecule has 0 aliphatic rings. The number of hydrogen-bond acceptors (Lipinski definition) is 5. The fourth-order valence-electron chi connectivity index (χ4n) is 4.19. The van der Waals surface area contributed by atoms with Crippen molar-refractivity contribution in [2.45, 2.75) is 57.9 Å². The third-order valence-electron chi connectivity index (χ3n) is 5.72. The van der Waals surface area contributed by atoms with Crippen molar-refractivity contribution in [2.24, 2.45) is 5.92 Å². The van der Waals surface area contributed by atoms with E-state index in [4.69, 9.17) is 0 Å². The van der Waals surface area contributed by atoms with Crippen LogP contribution in [-0.4, -0.2) is 23.0 Å². The first-order valence-corrected chi connectivity index (χ1v) is 14.2. The van der Waals surface area contributed by atoms with E-state index in [2.05, 4.69) is 49.3 Å². The Bertz CT molecular complexity index is 1450. The lowest BCUT2D eigenvalue weighted by Gasteiger charge is -2.20. The lowest BCUT2D eigenvalue weighted by molar-refractivity contribution is 0.505. The van der Waals surface area contributed by atoms with Gasteiger partial charge >= 0.3 is 0 Å². The van der Waals surface area contributed by atoms with E-state index in [0.29, 0.717) is 29.2 Å². The van der Waals surface area contributed by atoms with E-state index < -0.39 is 15.8 Å². The SMILES string of the molecule is CC(C)Cc1ccc(S(=O)(=O)Nc2nccs2)c(-c2ccc(Cn3ccnc3C(C)(C)C)c(F)c2)c1. The first-order valence-electron chi connectivity index (χ1n) is 11.8. The Morgan fingerprint density at radius 1 is 1.08 bits per heavy atom. The van der Waals surface area contributed by atoms with Gasteiger partial charge in [0.25, 0.3) is 10.0 Å². The molecule has 0 atom stereocenters. The molecule has 0 saturated carbocycles. The van der Waals surface area contributed by atoms with Crippen LogP contribution in [0.1, 0.15) is 51.6 Å². The second-order valence-corrected chi connectivity index (χ2v) is 12.9. The number of aromatic nitrogens is 3. The van der Waals surface area contributed by atoms with Crippen LogP contribution in [0.4, 0.5) is 9.52 Å². The van der Waals surface area contributed by atoms with Gasteiger partial charge in [0.2, 0.25) is 0 Å².